The number of benzene rings is 1. The summed E-state index contributed by atoms with van der Waals surface area (Å²) in [4.78, 5) is 12.1. The fourth-order valence-corrected chi connectivity index (χ4v) is 3.38. The number of carbonyl (C=O) groups excluding carboxylic acids is 1. The van der Waals surface area contributed by atoms with Crippen LogP contribution in [0, 0.1) is 0 Å². The molecule has 0 aliphatic carbocycles. The SMILES string of the molecule is CC(CCBr)(C(=O)OCc1ccccc1)S(C)(=O)=O. The van der Waals surface area contributed by atoms with Gasteiger partial charge in [-0.1, -0.05) is 46.3 Å². The first-order chi connectivity index (χ1) is 8.81. The predicted molar refractivity (Wildman–Crippen MR) is 77.9 cm³/mol. The fourth-order valence-electron chi connectivity index (χ4n) is 1.49. The van der Waals surface area contributed by atoms with E-state index in [-0.39, 0.29) is 13.0 Å². The minimum atomic E-state index is -3.53. The second-order valence-electron chi connectivity index (χ2n) is 4.50. The highest BCUT2D eigenvalue weighted by Crippen LogP contribution is 2.24. The van der Waals surface area contributed by atoms with E-state index in [1.807, 2.05) is 30.3 Å². The Morgan fingerprint density at radius 1 is 1.32 bits per heavy atom. The van der Waals surface area contributed by atoms with E-state index in [0.717, 1.165) is 11.8 Å². The van der Waals surface area contributed by atoms with Gasteiger partial charge < -0.3 is 4.74 Å². The highest BCUT2D eigenvalue weighted by molar-refractivity contribution is 9.09. The molecule has 19 heavy (non-hydrogen) atoms. The highest BCUT2D eigenvalue weighted by Gasteiger charge is 2.44. The van der Waals surface area contributed by atoms with Crippen molar-refractivity contribution in [3.63, 3.8) is 0 Å². The molecule has 0 saturated carbocycles. The van der Waals surface area contributed by atoms with Crippen LogP contribution in [0.25, 0.3) is 0 Å². The van der Waals surface area contributed by atoms with Crippen LogP contribution in [0.1, 0.15) is 18.9 Å². The average molecular weight is 349 g/mol. The number of rotatable bonds is 6. The van der Waals surface area contributed by atoms with Gasteiger partial charge in [-0.25, -0.2) is 8.42 Å². The normalized spacial score (nSPS) is 14.7. The molecule has 4 nitrogen and oxygen atoms in total. The van der Waals surface area contributed by atoms with Crippen molar-refractivity contribution in [1.29, 1.82) is 0 Å². The lowest BCUT2D eigenvalue weighted by Crippen LogP contribution is -2.44. The van der Waals surface area contributed by atoms with E-state index in [2.05, 4.69) is 15.9 Å². The summed E-state index contributed by atoms with van der Waals surface area (Å²) in [5, 5.41) is 0.414. The molecule has 0 radical (unpaired) electrons. The first kappa shape index (κ1) is 16.2. The summed E-state index contributed by atoms with van der Waals surface area (Å²) in [6.45, 7) is 1.48. The van der Waals surface area contributed by atoms with E-state index in [4.69, 9.17) is 4.74 Å². The number of hydrogen-bond donors (Lipinski definition) is 0. The molecule has 0 N–H and O–H groups in total. The summed E-state index contributed by atoms with van der Waals surface area (Å²) in [5.41, 5.74) is 0.825. The van der Waals surface area contributed by atoms with Crippen molar-refractivity contribution < 1.29 is 17.9 Å². The molecule has 1 rings (SSSR count). The number of esters is 1. The molecule has 0 bridgehead atoms. The molecule has 1 aromatic rings. The quantitative estimate of drug-likeness (QED) is 0.584. The summed E-state index contributed by atoms with van der Waals surface area (Å²) in [7, 11) is -3.53. The molecule has 0 spiro atoms. The summed E-state index contributed by atoms with van der Waals surface area (Å²) in [6.07, 6.45) is 1.24. The molecule has 1 unspecified atom stereocenters. The molecule has 0 heterocycles. The van der Waals surface area contributed by atoms with E-state index in [1.165, 1.54) is 6.92 Å². The zero-order chi connectivity index (χ0) is 14.5. The highest BCUT2D eigenvalue weighted by atomic mass is 79.9. The van der Waals surface area contributed by atoms with Gasteiger partial charge in [0.1, 0.15) is 6.61 Å². The number of halogens is 1. The first-order valence-electron chi connectivity index (χ1n) is 5.78. The van der Waals surface area contributed by atoms with Gasteiger partial charge in [0.05, 0.1) is 0 Å². The summed E-state index contributed by atoms with van der Waals surface area (Å²) in [6, 6.07) is 9.15. The van der Waals surface area contributed by atoms with E-state index in [1.54, 1.807) is 0 Å². The van der Waals surface area contributed by atoms with Crippen LogP contribution in [0.15, 0.2) is 30.3 Å². The van der Waals surface area contributed by atoms with Gasteiger partial charge in [-0.05, 0) is 18.9 Å². The minimum Gasteiger partial charge on any atom is -0.460 e. The molecule has 0 fully saturated rings. The Morgan fingerprint density at radius 3 is 2.37 bits per heavy atom. The van der Waals surface area contributed by atoms with Crippen LogP contribution in [-0.2, 0) is 26.0 Å². The number of alkyl halides is 1. The molecule has 1 atom stereocenters. The molecule has 106 valence electrons. The van der Waals surface area contributed by atoms with E-state index in [9.17, 15) is 13.2 Å². The second kappa shape index (κ2) is 6.52. The topological polar surface area (TPSA) is 60.4 Å². The zero-order valence-electron chi connectivity index (χ0n) is 10.9. The monoisotopic (exact) mass is 348 g/mol. The summed E-state index contributed by atoms with van der Waals surface area (Å²) in [5.74, 6) is -0.710. The van der Waals surface area contributed by atoms with Crippen LogP contribution in [0.4, 0.5) is 0 Å². The Bertz CT molecular complexity index is 527. The maximum atomic E-state index is 12.1. The van der Waals surface area contributed by atoms with Crippen molar-refractivity contribution in [2.75, 3.05) is 11.6 Å². The number of ether oxygens (including phenoxy) is 1. The summed E-state index contributed by atoms with van der Waals surface area (Å²) >= 11 is 3.17. The van der Waals surface area contributed by atoms with Crippen molar-refractivity contribution in [3.8, 4) is 0 Å². The third kappa shape index (κ3) is 4.04. The van der Waals surface area contributed by atoms with Gasteiger partial charge in [-0.15, -0.1) is 0 Å². The van der Waals surface area contributed by atoms with Gasteiger partial charge in [-0.3, -0.25) is 4.79 Å². The molecule has 1 aromatic carbocycles. The van der Waals surface area contributed by atoms with E-state index in [0.29, 0.717) is 5.33 Å². The van der Waals surface area contributed by atoms with E-state index < -0.39 is 20.6 Å². The molecule has 0 aliphatic heterocycles. The summed E-state index contributed by atoms with van der Waals surface area (Å²) < 4.78 is 27.2. The van der Waals surface area contributed by atoms with Crippen LogP contribution >= 0.6 is 15.9 Å². The van der Waals surface area contributed by atoms with Gasteiger partial charge in [0.2, 0.25) is 0 Å². The van der Waals surface area contributed by atoms with Gasteiger partial charge in [0.15, 0.2) is 14.6 Å². The Hall–Kier alpha value is -0.880. The number of hydrogen-bond acceptors (Lipinski definition) is 4. The molecular weight excluding hydrogens is 332 g/mol. The predicted octanol–water partition coefficient (Wildman–Crippen LogP) is 2.32. The molecule has 0 aliphatic rings. The fraction of sp³-hybridized carbons (Fsp3) is 0.462. The molecule has 0 amide bonds. The van der Waals surface area contributed by atoms with Crippen LogP contribution in [0.3, 0.4) is 0 Å². The van der Waals surface area contributed by atoms with Crippen molar-refractivity contribution in [2.45, 2.75) is 24.7 Å². The lowest BCUT2D eigenvalue weighted by molar-refractivity contribution is -0.147. The maximum Gasteiger partial charge on any atom is 0.327 e. The van der Waals surface area contributed by atoms with Crippen molar-refractivity contribution in [1.82, 2.24) is 0 Å². The van der Waals surface area contributed by atoms with Gasteiger partial charge in [0.25, 0.3) is 0 Å². The molecular formula is C13H17BrO4S. The maximum absolute atomic E-state index is 12.1. The Kier molecular flexibility index (Phi) is 5.55. The van der Waals surface area contributed by atoms with Crippen molar-refractivity contribution in [3.05, 3.63) is 35.9 Å². The lowest BCUT2D eigenvalue weighted by atomic mass is 10.1. The van der Waals surface area contributed by atoms with Gasteiger partial charge in [-0.2, -0.15) is 0 Å². The third-order valence-electron chi connectivity index (χ3n) is 3.03. The minimum absolute atomic E-state index is 0.0765. The Morgan fingerprint density at radius 2 is 1.89 bits per heavy atom. The molecule has 0 aromatic heterocycles. The zero-order valence-corrected chi connectivity index (χ0v) is 13.3. The second-order valence-corrected chi connectivity index (χ2v) is 7.74. The third-order valence-corrected chi connectivity index (χ3v) is 5.44. The number of sulfone groups is 1. The largest absolute Gasteiger partial charge is 0.460 e. The molecule has 0 saturated heterocycles. The van der Waals surface area contributed by atoms with E-state index >= 15 is 0 Å². The average Bonchev–Trinajstić information content (AvgIpc) is 2.36. The van der Waals surface area contributed by atoms with Crippen LogP contribution in [0.5, 0.6) is 0 Å². The lowest BCUT2D eigenvalue weighted by Gasteiger charge is -2.24. The van der Waals surface area contributed by atoms with Crippen LogP contribution in [-0.4, -0.2) is 30.7 Å². The molecule has 6 heteroatoms. The van der Waals surface area contributed by atoms with Crippen LogP contribution < -0.4 is 0 Å². The van der Waals surface area contributed by atoms with Gasteiger partial charge >= 0.3 is 5.97 Å². The number of carbonyl (C=O) groups is 1. The van der Waals surface area contributed by atoms with Gasteiger partial charge in [0, 0.05) is 11.6 Å². The van der Waals surface area contributed by atoms with Crippen molar-refractivity contribution in [2.24, 2.45) is 0 Å². The standard InChI is InChI=1S/C13H17BrO4S/c1-13(8-9-14,19(2,16)17)12(15)18-10-11-6-4-3-5-7-11/h3-7H,8-10H2,1-2H3. The van der Waals surface area contributed by atoms with Crippen LogP contribution in [0.2, 0.25) is 0 Å². The Balaban J connectivity index is 2.80. The smallest absolute Gasteiger partial charge is 0.327 e. The van der Waals surface area contributed by atoms with Crippen molar-refractivity contribution >= 4 is 31.7 Å². The Labute approximate surface area is 122 Å². The first-order valence-corrected chi connectivity index (χ1v) is 8.79.